The Morgan fingerprint density at radius 2 is 2.09 bits per heavy atom. The van der Waals surface area contributed by atoms with Gasteiger partial charge >= 0.3 is 5.82 Å². The summed E-state index contributed by atoms with van der Waals surface area (Å²) in [4.78, 5) is 14.4. The van der Waals surface area contributed by atoms with Crippen LogP contribution in [0, 0.1) is 15.9 Å². The summed E-state index contributed by atoms with van der Waals surface area (Å²) in [6.07, 6.45) is 2.92. The number of nitro groups is 1. The monoisotopic (exact) mass is 366 g/mol. The summed E-state index contributed by atoms with van der Waals surface area (Å²) in [5.74, 6) is -0.262. The van der Waals surface area contributed by atoms with Gasteiger partial charge in [-0.25, -0.2) is 9.37 Å². The van der Waals surface area contributed by atoms with E-state index in [-0.39, 0.29) is 18.2 Å². The summed E-state index contributed by atoms with van der Waals surface area (Å²) in [6, 6.07) is 5.74. The molecule has 112 valence electrons. The van der Waals surface area contributed by atoms with Gasteiger partial charge in [0.15, 0.2) is 0 Å². The first kappa shape index (κ1) is 14.4. The first-order valence-corrected chi connectivity index (χ1v) is 6.90. The molecule has 9 heteroatoms. The fourth-order valence-corrected chi connectivity index (χ4v) is 2.32. The van der Waals surface area contributed by atoms with Gasteiger partial charge in [0.2, 0.25) is 5.89 Å². The highest BCUT2D eigenvalue weighted by atomic mass is 79.9. The van der Waals surface area contributed by atoms with Crippen LogP contribution in [0.3, 0.4) is 0 Å². The van der Waals surface area contributed by atoms with Crippen molar-refractivity contribution in [3.8, 4) is 11.5 Å². The number of nitrogens with zero attached hydrogens (tertiary/aromatic N) is 4. The largest absolute Gasteiger partial charge is 0.444 e. The molecular formula is C13H8BrFN4O3. The maximum Gasteiger partial charge on any atom is 0.404 e. The molecule has 0 saturated carbocycles. The Labute approximate surface area is 131 Å². The molecule has 1 aromatic carbocycles. The summed E-state index contributed by atoms with van der Waals surface area (Å²) in [6.45, 7) is 0.219. The van der Waals surface area contributed by atoms with E-state index >= 15 is 0 Å². The molecule has 0 N–H and O–H groups in total. The molecule has 0 atom stereocenters. The Morgan fingerprint density at radius 1 is 1.36 bits per heavy atom. The lowest BCUT2D eigenvalue weighted by Gasteiger charge is -1.94. The van der Waals surface area contributed by atoms with Crippen molar-refractivity contribution in [1.82, 2.24) is 14.8 Å². The molecule has 3 aromatic rings. The van der Waals surface area contributed by atoms with Crippen LogP contribution in [0.4, 0.5) is 10.2 Å². The smallest absolute Gasteiger partial charge is 0.404 e. The summed E-state index contributed by atoms with van der Waals surface area (Å²) >= 11 is 3.08. The molecule has 7 nitrogen and oxygen atoms in total. The number of aromatic nitrogens is 3. The average Bonchev–Trinajstić information content (AvgIpc) is 3.07. The lowest BCUT2D eigenvalue weighted by molar-refractivity contribution is -0.390. The first-order valence-electron chi connectivity index (χ1n) is 6.10. The third kappa shape index (κ3) is 2.89. The molecule has 0 fully saturated rings. The maximum atomic E-state index is 12.9. The minimum atomic E-state index is -0.576. The van der Waals surface area contributed by atoms with Crippen molar-refractivity contribution in [3.05, 3.63) is 62.8 Å². The lowest BCUT2D eigenvalue weighted by Crippen LogP contribution is -2.01. The van der Waals surface area contributed by atoms with E-state index in [1.807, 2.05) is 0 Å². The fraction of sp³-hybridized carbons (Fsp3) is 0.0769. The third-order valence-corrected chi connectivity index (χ3v) is 3.40. The summed E-state index contributed by atoms with van der Waals surface area (Å²) in [5, 5.41) is 14.6. The lowest BCUT2D eigenvalue weighted by atomic mass is 10.2. The predicted octanol–water partition coefficient (Wildman–Crippen LogP) is 3.40. The number of oxazole rings is 1. The topological polar surface area (TPSA) is 87.0 Å². The third-order valence-electron chi connectivity index (χ3n) is 2.84. The molecule has 0 bridgehead atoms. The van der Waals surface area contributed by atoms with E-state index in [0.29, 0.717) is 21.6 Å². The first-order chi connectivity index (χ1) is 10.5. The molecule has 2 aromatic heterocycles. The van der Waals surface area contributed by atoms with Gasteiger partial charge in [0.05, 0.1) is 11.3 Å². The number of rotatable bonds is 4. The van der Waals surface area contributed by atoms with Crippen molar-refractivity contribution in [3.63, 3.8) is 0 Å². The van der Waals surface area contributed by atoms with Crippen LogP contribution in [-0.2, 0) is 6.54 Å². The number of halogens is 2. The highest BCUT2D eigenvalue weighted by Crippen LogP contribution is 2.23. The molecule has 0 radical (unpaired) electrons. The second-order valence-electron chi connectivity index (χ2n) is 4.41. The number of hydrogen-bond donors (Lipinski definition) is 0. The van der Waals surface area contributed by atoms with Gasteiger partial charge in [0.25, 0.3) is 0 Å². The molecule has 0 aliphatic rings. The van der Waals surface area contributed by atoms with Crippen molar-refractivity contribution in [2.75, 3.05) is 0 Å². The Bertz CT molecular complexity index is 828. The van der Waals surface area contributed by atoms with Crippen LogP contribution in [-0.4, -0.2) is 19.7 Å². The molecule has 22 heavy (non-hydrogen) atoms. The molecule has 2 heterocycles. The average molecular weight is 367 g/mol. The van der Waals surface area contributed by atoms with Crippen LogP contribution in [0.1, 0.15) is 5.69 Å². The van der Waals surface area contributed by atoms with E-state index in [1.165, 1.54) is 29.3 Å². The predicted molar refractivity (Wildman–Crippen MR) is 77.6 cm³/mol. The van der Waals surface area contributed by atoms with E-state index < -0.39 is 4.92 Å². The number of benzene rings is 1. The Hall–Kier alpha value is -2.55. The van der Waals surface area contributed by atoms with Crippen molar-refractivity contribution in [1.29, 1.82) is 0 Å². The zero-order valence-corrected chi connectivity index (χ0v) is 12.5. The van der Waals surface area contributed by atoms with Gasteiger partial charge in [0.1, 0.15) is 28.8 Å². The van der Waals surface area contributed by atoms with Crippen molar-refractivity contribution < 1.29 is 13.7 Å². The van der Waals surface area contributed by atoms with Crippen LogP contribution in [0.25, 0.3) is 11.5 Å². The van der Waals surface area contributed by atoms with Gasteiger partial charge in [-0.1, -0.05) is 0 Å². The second-order valence-corrected chi connectivity index (χ2v) is 5.26. The van der Waals surface area contributed by atoms with Crippen LogP contribution < -0.4 is 0 Å². The van der Waals surface area contributed by atoms with Gasteiger partial charge in [0, 0.05) is 5.56 Å². The van der Waals surface area contributed by atoms with Gasteiger partial charge in [-0.2, -0.15) is 4.68 Å². The fourth-order valence-electron chi connectivity index (χ4n) is 1.86. The second kappa shape index (κ2) is 5.68. The summed E-state index contributed by atoms with van der Waals surface area (Å²) < 4.78 is 19.9. The Balaban J connectivity index is 1.81. The Morgan fingerprint density at radius 3 is 2.73 bits per heavy atom. The van der Waals surface area contributed by atoms with Crippen LogP contribution in [0.2, 0.25) is 0 Å². The molecule has 0 amide bonds. The van der Waals surface area contributed by atoms with Gasteiger partial charge in [-0.05, 0) is 45.1 Å². The van der Waals surface area contributed by atoms with Gasteiger partial charge < -0.3 is 14.5 Å². The Kier molecular flexibility index (Phi) is 3.72. The molecule has 3 rings (SSSR count). The van der Waals surface area contributed by atoms with Crippen LogP contribution in [0.15, 0.2) is 45.6 Å². The highest BCUT2D eigenvalue weighted by Gasteiger charge is 2.19. The molecule has 0 aliphatic carbocycles. The normalized spacial score (nSPS) is 10.8. The van der Waals surface area contributed by atoms with Crippen molar-refractivity contribution in [2.24, 2.45) is 0 Å². The van der Waals surface area contributed by atoms with E-state index in [2.05, 4.69) is 26.0 Å². The maximum absolute atomic E-state index is 12.9. The van der Waals surface area contributed by atoms with Crippen LogP contribution in [0.5, 0.6) is 0 Å². The molecule has 0 spiro atoms. The molecular weight excluding hydrogens is 359 g/mol. The van der Waals surface area contributed by atoms with Crippen LogP contribution >= 0.6 is 15.9 Å². The molecule has 0 saturated heterocycles. The van der Waals surface area contributed by atoms with E-state index in [9.17, 15) is 14.5 Å². The van der Waals surface area contributed by atoms with E-state index in [1.54, 1.807) is 12.1 Å². The zero-order chi connectivity index (χ0) is 15.7. The van der Waals surface area contributed by atoms with E-state index in [4.69, 9.17) is 4.42 Å². The van der Waals surface area contributed by atoms with Crippen molar-refractivity contribution in [2.45, 2.75) is 6.54 Å². The minimum Gasteiger partial charge on any atom is -0.444 e. The zero-order valence-electron chi connectivity index (χ0n) is 10.9. The molecule has 0 unspecified atom stereocenters. The number of hydrogen-bond acceptors (Lipinski definition) is 5. The minimum absolute atomic E-state index is 0.219. The summed E-state index contributed by atoms with van der Waals surface area (Å²) in [5.41, 5.74) is 1.18. The van der Waals surface area contributed by atoms with Gasteiger partial charge in [-0.15, -0.1) is 0 Å². The van der Waals surface area contributed by atoms with Gasteiger partial charge in [-0.3, -0.25) is 0 Å². The van der Waals surface area contributed by atoms with Crippen molar-refractivity contribution >= 4 is 21.7 Å². The molecule has 0 aliphatic heterocycles. The highest BCUT2D eigenvalue weighted by molar-refractivity contribution is 9.10. The standard InChI is InChI=1S/C13H8BrFN4O3/c14-11-6-18(17-12(11)19(20)21)5-10-7-22-13(16-10)8-1-3-9(15)4-2-8/h1-4,6-7H,5H2. The summed E-state index contributed by atoms with van der Waals surface area (Å²) in [7, 11) is 0. The van der Waals surface area contributed by atoms with E-state index in [0.717, 1.165) is 0 Å². The SMILES string of the molecule is O=[N+]([O-])c1nn(Cc2coc(-c3ccc(F)cc3)n2)cc1Br. The quantitative estimate of drug-likeness (QED) is 0.521.